The zero-order valence-electron chi connectivity index (χ0n) is 9.67. The molecule has 1 atom stereocenters. The molecule has 0 saturated carbocycles. The van der Waals surface area contributed by atoms with Gasteiger partial charge in [0.05, 0.1) is 11.5 Å². The third kappa shape index (κ3) is 4.51. The van der Waals surface area contributed by atoms with Crippen LogP contribution in [0, 0.1) is 0 Å². The van der Waals surface area contributed by atoms with Gasteiger partial charge in [-0.2, -0.15) is 0 Å². The molecule has 3 nitrogen and oxygen atoms in total. The maximum absolute atomic E-state index is 11.3. The largest absolute Gasteiger partial charge is 0.324 e. The molecule has 4 heteroatoms. The minimum absolute atomic E-state index is 0.202. The van der Waals surface area contributed by atoms with Crippen molar-refractivity contribution >= 4 is 9.84 Å². The van der Waals surface area contributed by atoms with E-state index in [1.54, 1.807) is 0 Å². The summed E-state index contributed by atoms with van der Waals surface area (Å²) in [6.07, 6.45) is 7.55. The molecule has 1 heterocycles. The van der Waals surface area contributed by atoms with Crippen LogP contribution in [-0.2, 0) is 9.84 Å². The molecule has 1 aliphatic heterocycles. The molecule has 0 aliphatic carbocycles. The fraction of sp³-hybridized carbons (Fsp3) is 1.00. The Morgan fingerprint density at radius 2 is 1.87 bits per heavy atom. The highest BCUT2D eigenvalue weighted by Crippen LogP contribution is 2.26. The van der Waals surface area contributed by atoms with Crippen molar-refractivity contribution in [2.75, 3.05) is 11.5 Å². The standard InChI is InChI=1S/C11H23NO2S/c1-2-3-4-5-6-7-11(12)8-9-15(13,14)10-11/h2-10,12H2,1H3. The molecule has 0 aromatic carbocycles. The van der Waals surface area contributed by atoms with Gasteiger partial charge in [-0.25, -0.2) is 8.42 Å². The first-order chi connectivity index (χ1) is 6.97. The summed E-state index contributed by atoms with van der Waals surface area (Å²) in [4.78, 5) is 0. The average molecular weight is 233 g/mol. The second kappa shape index (κ2) is 5.30. The lowest BCUT2D eigenvalue weighted by Gasteiger charge is -2.21. The van der Waals surface area contributed by atoms with Gasteiger partial charge in [0.1, 0.15) is 0 Å². The highest BCUT2D eigenvalue weighted by atomic mass is 32.2. The van der Waals surface area contributed by atoms with E-state index < -0.39 is 15.4 Å². The fourth-order valence-electron chi connectivity index (χ4n) is 2.22. The summed E-state index contributed by atoms with van der Waals surface area (Å²) in [6, 6.07) is 0. The minimum atomic E-state index is -2.83. The van der Waals surface area contributed by atoms with Crippen LogP contribution >= 0.6 is 0 Å². The van der Waals surface area contributed by atoms with Crippen molar-refractivity contribution in [3.63, 3.8) is 0 Å². The average Bonchev–Trinajstić information content (AvgIpc) is 2.41. The molecule has 0 aromatic heterocycles. The molecule has 1 rings (SSSR count). The lowest BCUT2D eigenvalue weighted by atomic mass is 9.93. The van der Waals surface area contributed by atoms with E-state index in [4.69, 9.17) is 5.73 Å². The first-order valence-electron chi connectivity index (χ1n) is 5.97. The van der Waals surface area contributed by atoms with E-state index in [2.05, 4.69) is 6.92 Å². The van der Waals surface area contributed by atoms with Gasteiger partial charge in [-0.1, -0.05) is 39.0 Å². The van der Waals surface area contributed by atoms with Crippen LogP contribution in [0.3, 0.4) is 0 Å². The summed E-state index contributed by atoms with van der Waals surface area (Å²) in [5.41, 5.74) is 5.66. The first kappa shape index (κ1) is 13.0. The number of unbranched alkanes of at least 4 members (excludes halogenated alkanes) is 4. The molecule has 1 fully saturated rings. The van der Waals surface area contributed by atoms with E-state index >= 15 is 0 Å². The summed E-state index contributed by atoms with van der Waals surface area (Å²) < 4.78 is 22.6. The Hall–Kier alpha value is -0.0900. The third-order valence-corrected chi connectivity index (χ3v) is 5.04. The summed E-state index contributed by atoms with van der Waals surface area (Å²) in [5, 5.41) is 0. The molecule has 1 unspecified atom stereocenters. The van der Waals surface area contributed by atoms with Crippen LogP contribution in [0.5, 0.6) is 0 Å². The van der Waals surface area contributed by atoms with Crippen LogP contribution < -0.4 is 5.73 Å². The van der Waals surface area contributed by atoms with Crippen molar-refractivity contribution in [3.05, 3.63) is 0 Å². The van der Waals surface area contributed by atoms with Crippen molar-refractivity contribution in [2.45, 2.75) is 57.4 Å². The fourth-order valence-corrected chi connectivity index (χ4v) is 4.25. The van der Waals surface area contributed by atoms with Gasteiger partial charge in [0.2, 0.25) is 0 Å². The van der Waals surface area contributed by atoms with Gasteiger partial charge < -0.3 is 5.73 Å². The zero-order chi connectivity index (χ0) is 11.4. The number of nitrogens with two attached hydrogens (primary N) is 1. The second-order valence-electron chi connectivity index (χ2n) is 4.87. The smallest absolute Gasteiger partial charge is 0.152 e. The molecule has 90 valence electrons. The predicted molar refractivity (Wildman–Crippen MR) is 63.6 cm³/mol. The van der Waals surface area contributed by atoms with Gasteiger partial charge >= 0.3 is 0 Å². The minimum Gasteiger partial charge on any atom is -0.324 e. The van der Waals surface area contributed by atoms with Crippen molar-refractivity contribution < 1.29 is 8.42 Å². The quantitative estimate of drug-likeness (QED) is 0.712. The zero-order valence-corrected chi connectivity index (χ0v) is 10.5. The molecule has 0 bridgehead atoms. The summed E-state index contributed by atoms with van der Waals surface area (Å²) in [5.74, 6) is 0.492. The van der Waals surface area contributed by atoms with Crippen molar-refractivity contribution in [1.82, 2.24) is 0 Å². The molecule has 2 N–H and O–H groups in total. The molecule has 15 heavy (non-hydrogen) atoms. The molecular weight excluding hydrogens is 210 g/mol. The van der Waals surface area contributed by atoms with Crippen LogP contribution in [0.1, 0.15) is 51.9 Å². The molecule has 0 spiro atoms. The lowest BCUT2D eigenvalue weighted by molar-refractivity contribution is 0.415. The van der Waals surface area contributed by atoms with Gasteiger partial charge in [0.15, 0.2) is 9.84 Å². The normalized spacial score (nSPS) is 29.5. The highest BCUT2D eigenvalue weighted by molar-refractivity contribution is 7.91. The van der Waals surface area contributed by atoms with Gasteiger partial charge in [0.25, 0.3) is 0 Å². The van der Waals surface area contributed by atoms with E-state index in [-0.39, 0.29) is 5.75 Å². The van der Waals surface area contributed by atoms with Crippen molar-refractivity contribution in [1.29, 1.82) is 0 Å². The lowest BCUT2D eigenvalue weighted by Crippen LogP contribution is -2.40. The molecule has 1 aliphatic rings. The Kier molecular flexibility index (Phi) is 4.59. The van der Waals surface area contributed by atoms with Crippen molar-refractivity contribution in [2.24, 2.45) is 5.73 Å². The monoisotopic (exact) mass is 233 g/mol. The van der Waals surface area contributed by atoms with Crippen molar-refractivity contribution in [3.8, 4) is 0 Å². The molecule has 0 aromatic rings. The molecule has 1 saturated heterocycles. The molecular formula is C11H23NO2S. The Balaban J connectivity index is 2.21. The topological polar surface area (TPSA) is 60.2 Å². The Bertz CT molecular complexity index is 287. The van der Waals surface area contributed by atoms with Crippen LogP contribution in [-0.4, -0.2) is 25.5 Å². The Morgan fingerprint density at radius 1 is 1.20 bits per heavy atom. The maximum atomic E-state index is 11.3. The Labute approximate surface area is 93.3 Å². The van der Waals surface area contributed by atoms with Gasteiger partial charge in [-0.3, -0.25) is 0 Å². The van der Waals surface area contributed by atoms with E-state index in [1.165, 1.54) is 25.7 Å². The van der Waals surface area contributed by atoms with Crippen LogP contribution in [0.15, 0.2) is 0 Å². The number of sulfone groups is 1. The van der Waals surface area contributed by atoms with Gasteiger partial charge in [0, 0.05) is 5.54 Å². The van der Waals surface area contributed by atoms with E-state index in [1.807, 2.05) is 0 Å². The van der Waals surface area contributed by atoms with Crippen LogP contribution in [0.4, 0.5) is 0 Å². The predicted octanol–water partition coefficient (Wildman–Crippen LogP) is 1.86. The van der Waals surface area contributed by atoms with Gasteiger partial charge in [-0.15, -0.1) is 0 Å². The van der Waals surface area contributed by atoms with Gasteiger partial charge in [-0.05, 0) is 12.8 Å². The SMILES string of the molecule is CCCCCCCC1(N)CCS(=O)(=O)C1. The number of hydrogen-bond acceptors (Lipinski definition) is 3. The Morgan fingerprint density at radius 3 is 2.40 bits per heavy atom. The summed E-state index contributed by atoms with van der Waals surface area (Å²) in [6.45, 7) is 2.19. The van der Waals surface area contributed by atoms with E-state index in [0.29, 0.717) is 12.2 Å². The van der Waals surface area contributed by atoms with Crippen LogP contribution in [0.2, 0.25) is 0 Å². The number of hydrogen-bond donors (Lipinski definition) is 1. The summed E-state index contributed by atoms with van der Waals surface area (Å²) >= 11 is 0. The summed E-state index contributed by atoms with van der Waals surface area (Å²) in [7, 11) is -2.83. The van der Waals surface area contributed by atoms with Crippen LogP contribution in [0.25, 0.3) is 0 Å². The molecule has 0 amide bonds. The highest BCUT2D eigenvalue weighted by Gasteiger charge is 2.38. The second-order valence-corrected chi connectivity index (χ2v) is 7.05. The van der Waals surface area contributed by atoms with E-state index in [9.17, 15) is 8.42 Å². The first-order valence-corrected chi connectivity index (χ1v) is 7.79. The maximum Gasteiger partial charge on any atom is 0.152 e. The number of rotatable bonds is 6. The van der Waals surface area contributed by atoms with E-state index in [0.717, 1.165) is 12.8 Å². The molecule has 0 radical (unpaired) electrons. The third-order valence-electron chi connectivity index (χ3n) is 3.20.